The number of ether oxygens (including phenoxy) is 1. The van der Waals surface area contributed by atoms with E-state index in [-0.39, 0.29) is 0 Å². The lowest BCUT2D eigenvalue weighted by Gasteiger charge is -2.02. The number of hydrazine groups is 1. The summed E-state index contributed by atoms with van der Waals surface area (Å²) in [5.41, 5.74) is 1.88. The van der Waals surface area contributed by atoms with Gasteiger partial charge in [0.1, 0.15) is 11.6 Å². The Morgan fingerprint density at radius 3 is 3.00 bits per heavy atom. The van der Waals surface area contributed by atoms with Crippen molar-refractivity contribution >= 4 is 34.4 Å². The van der Waals surface area contributed by atoms with Crippen LogP contribution in [-0.4, -0.2) is 25.2 Å². The van der Waals surface area contributed by atoms with Gasteiger partial charge in [0.2, 0.25) is 0 Å². The Hall–Kier alpha value is -0.920. The van der Waals surface area contributed by atoms with Gasteiger partial charge in [0, 0.05) is 5.75 Å². The molecule has 0 heterocycles. The minimum atomic E-state index is -0.628. The van der Waals surface area contributed by atoms with E-state index in [1.54, 1.807) is 0 Å². The second kappa shape index (κ2) is 10.6. The summed E-state index contributed by atoms with van der Waals surface area (Å²) in [6, 6.07) is 0. The molecule has 0 fully saturated rings. The highest BCUT2D eigenvalue weighted by Gasteiger charge is 1.99. The molecule has 0 aliphatic heterocycles. The Morgan fingerprint density at radius 1 is 1.69 bits per heavy atom. The number of carbonyl (C=O) groups excluding carboxylic acids is 1. The molecule has 7 heteroatoms. The molecule has 0 radical (unpaired) electrons. The van der Waals surface area contributed by atoms with Crippen molar-refractivity contribution < 1.29 is 9.53 Å². The summed E-state index contributed by atoms with van der Waals surface area (Å²) in [6.07, 6.45) is 5.02. The molecule has 0 bridgehead atoms. The zero-order valence-corrected chi connectivity index (χ0v) is 10.6. The van der Waals surface area contributed by atoms with Crippen molar-refractivity contribution in [3.05, 3.63) is 23.3 Å². The number of hydrogen-bond donors (Lipinski definition) is 2. The highest BCUT2D eigenvalue weighted by atomic mass is 33.1. The summed E-state index contributed by atoms with van der Waals surface area (Å²) in [6.45, 7) is 5.68. The van der Waals surface area contributed by atoms with Gasteiger partial charge in [0.25, 0.3) is 0 Å². The number of nitrogens with two attached hydrogens (primary N) is 1. The molecule has 0 aromatic rings. The molecule has 0 rings (SSSR count). The molecule has 5 nitrogen and oxygen atoms in total. The fraction of sp³-hybridized carbons (Fsp3) is 0.333. The number of amides is 1. The standard InChI is InChI=1S/C9H15N3O2S2/c1-3-4-5-8(11-2)16-15-7-6-14-9(13)12-10/h3-5H,2,6-7,10H2,1H3,(H,12,13)/b4-3-,8-5+. The third-order valence-electron chi connectivity index (χ3n) is 1.25. The summed E-state index contributed by atoms with van der Waals surface area (Å²) in [5.74, 6) is 5.49. The van der Waals surface area contributed by atoms with Crippen LogP contribution in [0.3, 0.4) is 0 Å². The number of carbonyl (C=O) groups is 1. The van der Waals surface area contributed by atoms with Gasteiger partial charge in [0.05, 0.1) is 0 Å². The van der Waals surface area contributed by atoms with Crippen molar-refractivity contribution in [2.24, 2.45) is 10.8 Å². The van der Waals surface area contributed by atoms with E-state index >= 15 is 0 Å². The zero-order chi connectivity index (χ0) is 12.2. The molecule has 0 atom stereocenters. The third kappa shape index (κ3) is 8.39. The number of rotatable bonds is 7. The Labute approximate surface area is 103 Å². The van der Waals surface area contributed by atoms with Crippen LogP contribution in [0.4, 0.5) is 4.79 Å². The van der Waals surface area contributed by atoms with E-state index in [0.29, 0.717) is 12.4 Å². The Balaban J connectivity index is 3.64. The first-order chi connectivity index (χ1) is 7.74. The topological polar surface area (TPSA) is 76.7 Å². The van der Waals surface area contributed by atoms with Crippen LogP contribution in [0, 0.1) is 0 Å². The first-order valence-corrected chi connectivity index (χ1v) is 6.79. The maximum Gasteiger partial charge on any atom is 0.421 e. The molecule has 3 N–H and O–H groups in total. The summed E-state index contributed by atoms with van der Waals surface area (Å²) in [5, 5.41) is 0.811. The van der Waals surface area contributed by atoms with Crippen molar-refractivity contribution in [1.29, 1.82) is 0 Å². The molecule has 0 saturated heterocycles. The normalized spacial score (nSPS) is 11.5. The maximum atomic E-state index is 10.6. The molecule has 1 amide bonds. The molecular formula is C9H15N3O2S2. The van der Waals surface area contributed by atoms with Crippen molar-refractivity contribution in [2.75, 3.05) is 12.4 Å². The van der Waals surface area contributed by atoms with E-state index < -0.39 is 6.09 Å². The van der Waals surface area contributed by atoms with Gasteiger partial charge in [-0.25, -0.2) is 10.6 Å². The molecule has 0 aliphatic carbocycles. The van der Waals surface area contributed by atoms with Crippen molar-refractivity contribution in [1.82, 2.24) is 5.43 Å². The van der Waals surface area contributed by atoms with Gasteiger partial charge in [-0.15, -0.1) is 0 Å². The van der Waals surface area contributed by atoms with Gasteiger partial charge in [0.15, 0.2) is 0 Å². The predicted molar refractivity (Wildman–Crippen MR) is 71.2 cm³/mol. The van der Waals surface area contributed by atoms with Crippen LogP contribution in [-0.2, 0) is 4.74 Å². The van der Waals surface area contributed by atoms with E-state index in [1.807, 2.05) is 30.6 Å². The Morgan fingerprint density at radius 2 is 2.44 bits per heavy atom. The van der Waals surface area contributed by atoms with Gasteiger partial charge >= 0.3 is 6.09 Å². The van der Waals surface area contributed by atoms with Gasteiger partial charge in [-0.2, -0.15) is 0 Å². The van der Waals surface area contributed by atoms with E-state index in [1.165, 1.54) is 21.6 Å². The van der Waals surface area contributed by atoms with E-state index in [0.717, 1.165) is 5.03 Å². The Kier molecular flexibility index (Phi) is 9.98. The Bertz CT molecular complexity index is 280. The average molecular weight is 261 g/mol. The van der Waals surface area contributed by atoms with Crippen LogP contribution >= 0.6 is 21.6 Å². The molecule has 0 aromatic carbocycles. The van der Waals surface area contributed by atoms with Crippen molar-refractivity contribution in [2.45, 2.75) is 6.92 Å². The molecule has 0 unspecified atom stereocenters. The van der Waals surface area contributed by atoms with Gasteiger partial charge in [-0.1, -0.05) is 22.9 Å². The van der Waals surface area contributed by atoms with Gasteiger partial charge < -0.3 is 4.74 Å². The fourth-order valence-corrected chi connectivity index (χ4v) is 2.28. The van der Waals surface area contributed by atoms with Crippen LogP contribution in [0.1, 0.15) is 6.92 Å². The monoisotopic (exact) mass is 261 g/mol. The smallest absolute Gasteiger partial charge is 0.421 e. The predicted octanol–water partition coefficient (Wildman–Crippen LogP) is 2.09. The molecule has 16 heavy (non-hydrogen) atoms. The summed E-state index contributed by atoms with van der Waals surface area (Å²) >= 11 is 0. The number of aliphatic imine (C=N–C) groups is 1. The first-order valence-electron chi connectivity index (χ1n) is 4.47. The van der Waals surface area contributed by atoms with Crippen molar-refractivity contribution in [3.63, 3.8) is 0 Å². The molecule has 0 saturated carbocycles. The lowest BCUT2D eigenvalue weighted by molar-refractivity contribution is 0.153. The summed E-state index contributed by atoms with van der Waals surface area (Å²) < 4.78 is 4.70. The molecule has 0 aliphatic rings. The van der Waals surface area contributed by atoms with Crippen LogP contribution < -0.4 is 11.3 Å². The van der Waals surface area contributed by atoms with E-state index in [4.69, 9.17) is 10.6 Å². The highest BCUT2D eigenvalue weighted by molar-refractivity contribution is 8.78. The molecular weight excluding hydrogens is 246 g/mol. The summed E-state index contributed by atoms with van der Waals surface area (Å²) in [4.78, 5) is 14.4. The fourth-order valence-electron chi connectivity index (χ4n) is 0.597. The van der Waals surface area contributed by atoms with E-state index in [2.05, 4.69) is 11.7 Å². The van der Waals surface area contributed by atoms with Crippen LogP contribution in [0.2, 0.25) is 0 Å². The van der Waals surface area contributed by atoms with Crippen molar-refractivity contribution in [3.8, 4) is 0 Å². The number of hydrogen-bond acceptors (Lipinski definition) is 6. The largest absolute Gasteiger partial charge is 0.448 e. The molecule has 90 valence electrons. The van der Waals surface area contributed by atoms with E-state index in [9.17, 15) is 4.79 Å². The SMILES string of the molecule is C=N/C(=C\C=C/C)SSCCOC(=O)NN. The number of nitrogens with one attached hydrogen (secondary N) is 1. The second-order valence-corrected chi connectivity index (χ2v) is 4.81. The quantitative estimate of drug-likeness (QED) is 0.140. The third-order valence-corrected chi connectivity index (χ3v) is 3.50. The number of nitrogens with zero attached hydrogens (tertiary/aromatic N) is 1. The lowest BCUT2D eigenvalue weighted by atomic mass is 10.5. The highest BCUT2D eigenvalue weighted by Crippen LogP contribution is 2.30. The van der Waals surface area contributed by atoms with Crippen LogP contribution in [0.5, 0.6) is 0 Å². The molecule has 0 aromatic heterocycles. The summed E-state index contributed by atoms with van der Waals surface area (Å²) in [7, 11) is 3.00. The maximum absolute atomic E-state index is 10.6. The van der Waals surface area contributed by atoms with Crippen LogP contribution in [0.15, 0.2) is 28.2 Å². The molecule has 0 spiro atoms. The minimum absolute atomic E-state index is 0.300. The second-order valence-electron chi connectivity index (χ2n) is 2.37. The first kappa shape index (κ1) is 15.1. The zero-order valence-electron chi connectivity index (χ0n) is 9.01. The van der Waals surface area contributed by atoms with Gasteiger partial charge in [-0.3, -0.25) is 10.4 Å². The lowest BCUT2D eigenvalue weighted by Crippen LogP contribution is -2.31. The van der Waals surface area contributed by atoms with Gasteiger partial charge in [-0.05, 0) is 30.5 Å². The van der Waals surface area contributed by atoms with Crippen LogP contribution in [0.25, 0.3) is 0 Å². The average Bonchev–Trinajstić information content (AvgIpc) is 2.32. The number of allylic oxidation sites excluding steroid dienone is 3. The minimum Gasteiger partial charge on any atom is -0.448 e.